The molecule has 0 aliphatic carbocycles. The van der Waals surface area contributed by atoms with Gasteiger partial charge in [0.05, 0.1) is 28.8 Å². The predicted molar refractivity (Wildman–Crippen MR) is 66.7 cm³/mol. The van der Waals surface area contributed by atoms with Crippen LogP contribution in [0.15, 0.2) is 36.7 Å². The zero-order valence-corrected chi connectivity index (χ0v) is 9.96. The second-order valence-corrected chi connectivity index (χ2v) is 3.80. The molecule has 2 N–H and O–H groups in total. The van der Waals surface area contributed by atoms with E-state index in [9.17, 15) is 4.79 Å². The fraction of sp³-hybridized carbons (Fsp3) is 0.154. The number of esters is 1. The van der Waals surface area contributed by atoms with E-state index in [1.165, 1.54) is 6.20 Å². The minimum Gasteiger partial charge on any atom is -0.456 e. The summed E-state index contributed by atoms with van der Waals surface area (Å²) >= 11 is 0. The number of ether oxygens (including phenoxy) is 1. The number of rotatable bonds is 3. The van der Waals surface area contributed by atoms with Gasteiger partial charge >= 0.3 is 5.97 Å². The lowest BCUT2D eigenvalue weighted by Gasteiger charge is -2.06. The number of hydrogen-bond acceptors (Lipinski definition) is 5. The summed E-state index contributed by atoms with van der Waals surface area (Å²) in [6, 6.07) is 6.99. The van der Waals surface area contributed by atoms with Crippen LogP contribution in [-0.4, -0.2) is 15.9 Å². The number of carbonyl (C=O) groups is 1. The van der Waals surface area contributed by atoms with Gasteiger partial charge < -0.3 is 10.5 Å². The van der Waals surface area contributed by atoms with Crippen molar-refractivity contribution in [2.45, 2.75) is 13.5 Å². The largest absolute Gasteiger partial charge is 0.456 e. The van der Waals surface area contributed by atoms with Crippen LogP contribution in [0.25, 0.3) is 0 Å². The van der Waals surface area contributed by atoms with Crippen LogP contribution < -0.4 is 5.73 Å². The SMILES string of the molecule is Cc1ncc(N)cc1C(=O)OCc1ccccn1. The average molecular weight is 243 g/mol. The van der Waals surface area contributed by atoms with Crippen LogP contribution in [0.4, 0.5) is 5.69 Å². The molecular weight excluding hydrogens is 230 g/mol. The molecule has 2 aromatic heterocycles. The van der Waals surface area contributed by atoms with Crippen LogP contribution in [0.2, 0.25) is 0 Å². The Morgan fingerprint density at radius 1 is 1.39 bits per heavy atom. The topological polar surface area (TPSA) is 78.1 Å². The standard InChI is InChI=1S/C13H13N3O2/c1-9-12(6-10(14)7-16-9)13(17)18-8-11-4-2-3-5-15-11/h2-7H,8,14H2,1H3. The number of anilines is 1. The van der Waals surface area contributed by atoms with Gasteiger partial charge in [0.1, 0.15) is 6.61 Å². The monoisotopic (exact) mass is 243 g/mol. The van der Waals surface area contributed by atoms with E-state index in [0.717, 1.165) is 0 Å². The van der Waals surface area contributed by atoms with Crippen molar-refractivity contribution in [3.63, 3.8) is 0 Å². The third-order valence-electron chi connectivity index (χ3n) is 2.41. The third-order valence-corrected chi connectivity index (χ3v) is 2.41. The Labute approximate surface area is 105 Å². The van der Waals surface area contributed by atoms with E-state index in [1.54, 1.807) is 31.3 Å². The molecule has 0 atom stereocenters. The first-order valence-corrected chi connectivity index (χ1v) is 5.46. The van der Waals surface area contributed by atoms with Gasteiger partial charge in [-0.15, -0.1) is 0 Å². The Balaban J connectivity index is 2.06. The Bertz CT molecular complexity index is 555. The number of aromatic nitrogens is 2. The highest BCUT2D eigenvalue weighted by Crippen LogP contribution is 2.11. The zero-order chi connectivity index (χ0) is 13.0. The van der Waals surface area contributed by atoms with Crippen molar-refractivity contribution in [1.29, 1.82) is 0 Å². The van der Waals surface area contributed by atoms with Crippen molar-refractivity contribution in [2.24, 2.45) is 0 Å². The fourth-order valence-corrected chi connectivity index (χ4v) is 1.46. The molecule has 0 unspecified atom stereocenters. The van der Waals surface area contributed by atoms with Crippen LogP contribution in [0.3, 0.4) is 0 Å². The summed E-state index contributed by atoms with van der Waals surface area (Å²) in [4.78, 5) is 19.9. The first-order valence-electron chi connectivity index (χ1n) is 5.46. The number of carbonyl (C=O) groups excluding carboxylic acids is 1. The number of aryl methyl sites for hydroxylation is 1. The van der Waals surface area contributed by atoms with Crippen LogP contribution >= 0.6 is 0 Å². The smallest absolute Gasteiger partial charge is 0.340 e. The molecule has 0 aromatic carbocycles. The molecule has 5 heteroatoms. The molecule has 0 fully saturated rings. The van der Waals surface area contributed by atoms with Crippen molar-refractivity contribution >= 4 is 11.7 Å². The maximum absolute atomic E-state index is 11.8. The number of nitrogen functional groups attached to an aromatic ring is 1. The highest BCUT2D eigenvalue weighted by molar-refractivity contribution is 5.91. The van der Waals surface area contributed by atoms with E-state index in [-0.39, 0.29) is 6.61 Å². The first-order chi connectivity index (χ1) is 8.66. The molecular formula is C13H13N3O2. The summed E-state index contributed by atoms with van der Waals surface area (Å²) < 4.78 is 5.15. The second-order valence-electron chi connectivity index (χ2n) is 3.80. The molecule has 0 spiro atoms. The summed E-state index contributed by atoms with van der Waals surface area (Å²) in [5.74, 6) is -0.446. The van der Waals surface area contributed by atoms with Gasteiger partial charge in [-0.1, -0.05) is 6.07 Å². The Morgan fingerprint density at radius 3 is 2.94 bits per heavy atom. The van der Waals surface area contributed by atoms with E-state index in [1.807, 2.05) is 6.07 Å². The van der Waals surface area contributed by atoms with Crippen molar-refractivity contribution in [2.75, 3.05) is 5.73 Å². The van der Waals surface area contributed by atoms with Crippen molar-refractivity contribution in [3.05, 3.63) is 53.6 Å². The van der Waals surface area contributed by atoms with Gasteiger partial charge in [0.25, 0.3) is 0 Å². The van der Waals surface area contributed by atoms with E-state index in [2.05, 4.69) is 9.97 Å². The second kappa shape index (κ2) is 5.27. The molecule has 0 bridgehead atoms. The summed E-state index contributed by atoms with van der Waals surface area (Å²) in [6.07, 6.45) is 3.15. The predicted octanol–water partition coefficient (Wildman–Crippen LogP) is 1.72. The van der Waals surface area contributed by atoms with Crippen molar-refractivity contribution < 1.29 is 9.53 Å². The summed E-state index contributed by atoms with van der Waals surface area (Å²) in [5.41, 5.74) is 7.69. The summed E-state index contributed by atoms with van der Waals surface area (Å²) in [7, 11) is 0. The summed E-state index contributed by atoms with van der Waals surface area (Å²) in [5, 5.41) is 0. The number of nitrogens with two attached hydrogens (primary N) is 1. The van der Waals surface area contributed by atoms with Crippen LogP contribution in [0, 0.1) is 6.92 Å². The van der Waals surface area contributed by atoms with E-state index >= 15 is 0 Å². The zero-order valence-electron chi connectivity index (χ0n) is 9.96. The molecule has 5 nitrogen and oxygen atoms in total. The van der Waals surface area contributed by atoms with Gasteiger partial charge in [-0.3, -0.25) is 9.97 Å². The molecule has 0 radical (unpaired) electrons. The maximum Gasteiger partial charge on any atom is 0.340 e. The highest BCUT2D eigenvalue weighted by atomic mass is 16.5. The Kier molecular flexibility index (Phi) is 3.52. The molecule has 0 saturated carbocycles. The lowest BCUT2D eigenvalue weighted by Crippen LogP contribution is -2.09. The third kappa shape index (κ3) is 2.82. The van der Waals surface area contributed by atoms with Crippen LogP contribution in [0.5, 0.6) is 0 Å². The molecule has 0 aliphatic heterocycles. The Morgan fingerprint density at radius 2 is 2.22 bits per heavy atom. The highest BCUT2D eigenvalue weighted by Gasteiger charge is 2.12. The van der Waals surface area contributed by atoms with Gasteiger partial charge in [-0.05, 0) is 25.1 Å². The first kappa shape index (κ1) is 12.0. The van der Waals surface area contributed by atoms with Gasteiger partial charge in [-0.2, -0.15) is 0 Å². The lowest BCUT2D eigenvalue weighted by molar-refractivity contribution is 0.0466. The minimum absolute atomic E-state index is 0.133. The van der Waals surface area contributed by atoms with Crippen LogP contribution in [0.1, 0.15) is 21.7 Å². The molecule has 2 rings (SSSR count). The molecule has 0 amide bonds. The normalized spacial score (nSPS) is 10.1. The quantitative estimate of drug-likeness (QED) is 0.830. The van der Waals surface area contributed by atoms with Gasteiger partial charge in [0, 0.05) is 6.20 Å². The number of nitrogens with zero attached hydrogens (tertiary/aromatic N) is 2. The molecule has 0 saturated heterocycles. The molecule has 2 aromatic rings. The van der Waals surface area contributed by atoms with Gasteiger partial charge in [0.15, 0.2) is 0 Å². The fourth-order valence-electron chi connectivity index (χ4n) is 1.46. The molecule has 2 heterocycles. The maximum atomic E-state index is 11.8. The molecule has 92 valence electrons. The lowest BCUT2D eigenvalue weighted by atomic mass is 10.2. The average Bonchev–Trinajstić information content (AvgIpc) is 2.40. The van der Waals surface area contributed by atoms with Crippen molar-refractivity contribution in [3.8, 4) is 0 Å². The van der Waals surface area contributed by atoms with E-state index < -0.39 is 5.97 Å². The number of pyridine rings is 2. The van der Waals surface area contributed by atoms with E-state index in [0.29, 0.717) is 22.6 Å². The van der Waals surface area contributed by atoms with E-state index in [4.69, 9.17) is 10.5 Å². The van der Waals surface area contributed by atoms with Gasteiger partial charge in [-0.25, -0.2) is 4.79 Å². The van der Waals surface area contributed by atoms with Gasteiger partial charge in [0.2, 0.25) is 0 Å². The molecule has 0 aliphatic rings. The van der Waals surface area contributed by atoms with Crippen molar-refractivity contribution in [1.82, 2.24) is 9.97 Å². The Hall–Kier alpha value is -2.43. The van der Waals surface area contributed by atoms with Crippen LogP contribution in [-0.2, 0) is 11.3 Å². The number of hydrogen-bond donors (Lipinski definition) is 1. The summed E-state index contributed by atoms with van der Waals surface area (Å²) in [6.45, 7) is 1.87. The minimum atomic E-state index is -0.446. The molecule has 18 heavy (non-hydrogen) atoms.